The number of anilines is 1. The van der Waals surface area contributed by atoms with Gasteiger partial charge < -0.3 is 24.7 Å². The Morgan fingerprint density at radius 2 is 2.00 bits per heavy atom. The summed E-state index contributed by atoms with van der Waals surface area (Å²) in [4.78, 5) is 35.3. The molecule has 0 bridgehead atoms. The summed E-state index contributed by atoms with van der Waals surface area (Å²) < 4.78 is 12.3. The standard InChI is InChI=1S/C21H19ClN6O6S/c1-2-27-18(9-23-20(30)12-3-6-16-17(7-12)34-11-33-16)25-26-21(27)35-10-19(29)24-15-8-13(28(31)32)4-5-14(15)22/h3-8H,2,9-11H2,1H3,(H,23,30)(H,24,29). The van der Waals surface area contributed by atoms with Crippen LogP contribution in [0.15, 0.2) is 41.6 Å². The van der Waals surface area contributed by atoms with Crippen molar-refractivity contribution >= 4 is 46.6 Å². The number of fused-ring (bicyclic) bond motifs is 1. The van der Waals surface area contributed by atoms with Gasteiger partial charge in [-0.05, 0) is 31.2 Å². The molecule has 3 aromatic rings. The number of nitro benzene ring substituents is 1. The Kier molecular flexibility index (Phi) is 7.36. The van der Waals surface area contributed by atoms with Crippen LogP contribution in [0.2, 0.25) is 5.02 Å². The molecule has 14 heteroatoms. The van der Waals surface area contributed by atoms with E-state index in [1.165, 1.54) is 18.2 Å². The van der Waals surface area contributed by atoms with Crippen molar-refractivity contribution in [1.29, 1.82) is 0 Å². The molecule has 2 heterocycles. The fourth-order valence-electron chi connectivity index (χ4n) is 3.21. The Morgan fingerprint density at radius 3 is 2.77 bits per heavy atom. The molecule has 12 nitrogen and oxygen atoms in total. The highest BCUT2D eigenvalue weighted by Gasteiger charge is 2.18. The molecule has 182 valence electrons. The number of rotatable bonds is 9. The van der Waals surface area contributed by atoms with Crippen LogP contribution in [0.1, 0.15) is 23.1 Å². The number of hydrogen-bond acceptors (Lipinski definition) is 9. The molecule has 0 saturated carbocycles. The van der Waals surface area contributed by atoms with E-state index in [0.717, 1.165) is 11.8 Å². The van der Waals surface area contributed by atoms with Gasteiger partial charge in [0.1, 0.15) is 0 Å². The third kappa shape index (κ3) is 5.63. The van der Waals surface area contributed by atoms with Gasteiger partial charge in [-0.15, -0.1) is 10.2 Å². The Labute approximate surface area is 208 Å². The number of thioether (sulfide) groups is 1. The van der Waals surface area contributed by atoms with Crippen LogP contribution >= 0.6 is 23.4 Å². The first-order valence-electron chi connectivity index (χ1n) is 10.3. The highest BCUT2D eigenvalue weighted by molar-refractivity contribution is 7.99. The topological polar surface area (TPSA) is 151 Å². The van der Waals surface area contributed by atoms with E-state index in [1.54, 1.807) is 22.8 Å². The van der Waals surface area contributed by atoms with E-state index < -0.39 is 10.8 Å². The Bertz CT molecular complexity index is 1300. The minimum atomic E-state index is -0.572. The first-order chi connectivity index (χ1) is 16.9. The predicted molar refractivity (Wildman–Crippen MR) is 127 cm³/mol. The second-order valence-corrected chi connectivity index (χ2v) is 8.50. The van der Waals surface area contributed by atoms with Crippen LogP contribution < -0.4 is 20.1 Å². The van der Waals surface area contributed by atoms with Gasteiger partial charge in [0.25, 0.3) is 11.6 Å². The summed E-state index contributed by atoms with van der Waals surface area (Å²) in [6, 6.07) is 8.72. The predicted octanol–water partition coefficient (Wildman–Crippen LogP) is 3.25. The maximum absolute atomic E-state index is 12.5. The zero-order valence-corrected chi connectivity index (χ0v) is 19.9. The van der Waals surface area contributed by atoms with Gasteiger partial charge in [0, 0.05) is 24.2 Å². The smallest absolute Gasteiger partial charge is 0.271 e. The number of halogens is 1. The summed E-state index contributed by atoms with van der Waals surface area (Å²) in [5.74, 6) is 0.868. The molecule has 0 aliphatic carbocycles. The van der Waals surface area contributed by atoms with Crippen molar-refractivity contribution in [2.75, 3.05) is 17.9 Å². The highest BCUT2D eigenvalue weighted by Crippen LogP contribution is 2.32. The largest absolute Gasteiger partial charge is 0.454 e. The van der Waals surface area contributed by atoms with Gasteiger partial charge in [-0.3, -0.25) is 19.7 Å². The first-order valence-corrected chi connectivity index (χ1v) is 11.7. The van der Waals surface area contributed by atoms with Gasteiger partial charge in [0.15, 0.2) is 22.5 Å². The average molecular weight is 519 g/mol. The number of benzene rings is 2. The van der Waals surface area contributed by atoms with E-state index in [-0.39, 0.29) is 41.4 Å². The number of carbonyl (C=O) groups is 2. The zero-order valence-electron chi connectivity index (χ0n) is 18.3. The van der Waals surface area contributed by atoms with E-state index in [1.807, 2.05) is 6.92 Å². The van der Waals surface area contributed by atoms with Gasteiger partial charge in [0.05, 0.1) is 27.9 Å². The van der Waals surface area contributed by atoms with Crippen LogP contribution in [0, 0.1) is 10.1 Å². The molecule has 0 unspecified atom stereocenters. The lowest BCUT2D eigenvalue weighted by atomic mass is 10.2. The summed E-state index contributed by atoms with van der Waals surface area (Å²) in [5, 5.41) is 25.2. The minimum absolute atomic E-state index is 0.0271. The van der Waals surface area contributed by atoms with E-state index in [0.29, 0.717) is 34.6 Å². The minimum Gasteiger partial charge on any atom is -0.454 e. The summed E-state index contributed by atoms with van der Waals surface area (Å²) >= 11 is 7.16. The molecular weight excluding hydrogens is 500 g/mol. The molecule has 1 aromatic heterocycles. The lowest BCUT2D eigenvalue weighted by Crippen LogP contribution is -2.24. The van der Waals surface area contributed by atoms with Crippen LogP contribution in [0.4, 0.5) is 11.4 Å². The molecule has 2 aromatic carbocycles. The lowest BCUT2D eigenvalue weighted by Gasteiger charge is -2.09. The van der Waals surface area contributed by atoms with Gasteiger partial charge >= 0.3 is 0 Å². The SMILES string of the molecule is CCn1c(CNC(=O)c2ccc3c(c2)OCO3)nnc1SCC(=O)Nc1cc([N+](=O)[O-])ccc1Cl. The number of nitro groups is 1. The Morgan fingerprint density at radius 1 is 1.20 bits per heavy atom. The normalized spacial score (nSPS) is 11.8. The third-order valence-electron chi connectivity index (χ3n) is 4.92. The number of non-ortho nitro benzene ring substituents is 1. The number of carbonyl (C=O) groups excluding carboxylic acids is 2. The lowest BCUT2D eigenvalue weighted by molar-refractivity contribution is -0.384. The van der Waals surface area contributed by atoms with Gasteiger partial charge in [-0.1, -0.05) is 23.4 Å². The molecule has 0 fully saturated rings. The number of hydrogen-bond donors (Lipinski definition) is 2. The Hall–Kier alpha value is -3.84. The van der Waals surface area contributed by atoms with Crippen molar-refractivity contribution in [2.45, 2.75) is 25.2 Å². The van der Waals surface area contributed by atoms with Crippen molar-refractivity contribution in [3.63, 3.8) is 0 Å². The second-order valence-electron chi connectivity index (χ2n) is 7.15. The van der Waals surface area contributed by atoms with Crippen LogP contribution in [-0.4, -0.2) is 44.0 Å². The monoisotopic (exact) mass is 518 g/mol. The average Bonchev–Trinajstić information content (AvgIpc) is 3.48. The molecule has 0 spiro atoms. The molecule has 0 saturated heterocycles. The Balaban J connectivity index is 1.34. The fourth-order valence-corrected chi connectivity index (χ4v) is 4.20. The number of nitrogens with zero attached hydrogens (tertiary/aromatic N) is 4. The van der Waals surface area contributed by atoms with Crippen LogP contribution in [0.5, 0.6) is 11.5 Å². The van der Waals surface area contributed by atoms with Gasteiger partial charge in [0.2, 0.25) is 12.7 Å². The molecule has 35 heavy (non-hydrogen) atoms. The molecule has 1 aliphatic heterocycles. The number of amides is 2. The number of aromatic nitrogens is 3. The molecule has 1 aliphatic rings. The molecule has 2 N–H and O–H groups in total. The zero-order chi connectivity index (χ0) is 24.9. The van der Waals surface area contributed by atoms with Crippen LogP contribution in [0.25, 0.3) is 0 Å². The second kappa shape index (κ2) is 10.6. The van der Waals surface area contributed by atoms with E-state index >= 15 is 0 Å². The van der Waals surface area contributed by atoms with Crippen molar-refractivity contribution in [3.05, 3.63) is 62.9 Å². The summed E-state index contributed by atoms with van der Waals surface area (Å²) in [6.07, 6.45) is 0. The van der Waals surface area contributed by atoms with Gasteiger partial charge in [-0.2, -0.15) is 0 Å². The molecular formula is C21H19ClN6O6S. The van der Waals surface area contributed by atoms with Gasteiger partial charge in [-0.25, -0.2) is 0 Å². The van der Waals surface area contributed by atoms with Crippen molar-refractivity contribution in [3.8, 4) is 11.5 Å². The number of nitrogens with one attached hydrogen (secondary N) is 2. The quantitative estimate of drug-likeness (QED) is 0.247. The van der Waals surface area contributed by atoms with Crippen molar-refractivity contribution < 1.29 is 24.0 Å². The van der Waals surface area contributed by atoms with Crippen LogP contribution in [-0.2, 0) is 17.9 Å². The maximum Gasteiger partial charge on any atom is 0.271 e. The van der Waals surface area contributed by atoms with E-state index in [2.05, 4.69) is 20.8 Å². The fraction of sp³-hybridized carbons (Fsp3) is 0.238. The first kappa shape index (κ1) is 24.3. The van der Waals surface area contributed by atoms with Crippen molar-refractivity contribution in [1.82, 2.24) is 20.1 Å². The van der Waals surface area contributed by atoms with E-state index in [4.69, 9.17) is 21.1 Å². The molecule has 4 rings (SSSR count). The molecule has 0 radical (unpaired) electrons. The summed E-state index contributed by atoms with van der Waals surface area (Å²) in [7, 11) is 0. The summed E-state index contributed by atoms with van der Waals surface area (Å²) in [6.45, 7) is 2.66. The van der Waals surface area contributed by atoms with Crippen LogP contribution in [0.3, 0.4) is 0 Å². The van der Waals surface area contributed by atoms with E-state index in [9.17, 15) is 19.7 Å². The molecule has 2 amide bonds. The highest BCUT2D eigenvalue weighted by atomic mass is 35.5. The molecule has 0 atom stereocenters. The number of ether oxygens (including phenoxy) is 2. The third-order valence-corrected chi connectivity index (χ3v) is 6.22. The van der Waals surface area contributed by atoms with Crippen molar-refractivity contribution in [2.24, 2.45) is 0 Å². The summed E-state index contributed by atoms with van der Waals surface area (Å²) in [5.41, 5.74) is 0.383. The maximum atomic E-state index is 12.5.